The number of hydrogen-bond acceptors (Lipinski definition) is 4. The minimum atomic E-state index is -0.209. The van der Waals surface area contributed by atoms with E-state index in [0.717, 1.165) is 22.6 Å². The minimum Gasteiger partial charge on any atom is -0.493 e. The number of benzene rings is 1. The number of ether oxygens (including phenoxy) is 2. The zero-order valence-corrected chi connectivity index (χ0v) is 16.4. The highest BCUT2D eigenvalue weighted by Gasteiger charge is 2.14. The zero-order valence-electron chi connectivity index (χ0n) is 15.7. The Morgan fingerprint density at radius 1 is 1.35 bits per heavy atom. The first-order valence-electron chi connectivity index (χ1n) is 8.41. The molecule has 0 spiro atoms. The van der Waals surface area contributed by atoms with Gasteiger partial charge in [-0.05, 0) is 57.5 Å². The monoisotopic (exact) mass is 377 g/mol. The van der Waals surface area contributed by atoms with Crippen LogP contribution in [0, 0.1) is 13.8 Å². The van der Waals surface area contributed by atoms with Crippen LogP contribution in [0.5, 0.6) is 11.5 Å². The number of halogens is 1. The van der Waals surface area contributed by atoms with Gasteiger partial charge in [-0.15, -0.1) is 0 Å². The van der Waals surface area contributed by atoms with Crippen LogP contribution in [0.25, 0.3) is 6.08 Å². The predicted octanol–water partition coefficient (Wildman–Crippen LogP) is 4.85. The molecule has 0 saturated carbocycles. The van der Waals surface area contributed by atoms with Crippen molar-refractivity contribution in [1.29, 1.82) is 0 Å². The van der Waals surface area contributed by atoms with Crippen LogP contribution in [-0.2, 0) is 4.79 Å². The van der Waals surface area contributed by atoms with Crippen molar-refractivity contribution in [2.45, 2.75) is 33.7 Å². The minimum absolute atomic E-state index is 0.150. The number of aryl methyl sites for hydroxylation is 2. The molecule has 1 unspecified atom stereocenters. The molecule has 0 bridgehead atoms. The summed E-state index contributed by atoms with van der Waals surface area (Å²) in [5.74, 6) is 2.45. The SMILES string of the molecule is CCOc1c(Cl)cc(/C=C/C(=O)NC(C)c2cc(C)oc2C)cc1OC. The van der Waals surface area contributed by atoms with Crippen LogP contribution in [0.1, 0.15) is 42.5 Å². The Morgan fingerprint density at radius 3 is 2.65 bits per heavy atom. The average molecular weight is 378 g/mol. The van der Waals surface area contributed by atoms with E-state index in [4.69, 9.17) is 25.5 Å². The van der Waals surface area contributed by atoms with Crippen LogP contribution in [0.15, 0.2) is 28.7 Å². The Labute approximate surface area is 158 Å². The van der Waals surface area contributed by atoms with Gasteiger partial charge >= 0.3 is 0 Å². The Balaban J connectivity index is 2.10. The largest absolute Gasteiger partial charge is 0.493 e. The second kappa shape index (κ2) is 8.81. The molecule has 6 heteroatoms. The molecule has 0 radical (unpaired) electrons. The van der Waals surface area contributed by atoms with Crippen molar-refractivity contribution in [3.63, 3.8) is 0 Å². The van der Waals surface area contributed by atoms with Crippen molar-refractivity contribution in [3.8, 4) is 11.5 Å². The summed E-state index contributed by atoms with van der Waals surface area (Å²) in [6.45, 7) is 8.04. The number of amides is 1. The summed E-state index contributed by atoms with van der Waals surface area (Å²) in [7, 11) is 1.55. The molecular formula is C20H24ClNO4. The molecule has 1 amide bonds. The van der Waals surface area contributed by atoms with E-state index < -0.39 is 0 Å². The first kappa shape index (κ1) is 19.9. The van der Waals surface area contributed by atoms with Gasteiger partial charge in [0.2, 0.25) is 5.91 Å². The van der Waals surface area contributed by atoms with Crippen molar-refractivity contribution in [2.24, 2.45) is 0 Å². The van der Waals surface area contributed by atoms with Crippen LogP contribution >= 0.6 is 11.6 Å². The molecule has 26 heavy (non-hydrogen) atoms. The Morgan fingerprint density at radius 2 is 2.08 bits per heavy atom. The molecule has 5 nitrogen and oxygen atoms in total. The molecule has 0 fully saturated rings. The summed E-state index contributed by atoms with van der Waals surface area (Å²) in [6.07, 6.45) is 3.14. The van der Waals surface area contributed by atoms with E-state index in [9.17, 15) is 4.79 Å². The van der Waals surface area contributed by atoms with Crippen LogP contribution in [0.4, 0.5) is 0 Å². The lowest BCUT2D eigenvalue weighted by Gasteiger charge is -2.12. The first-order chi connectivity index (χ1) is 12.3. The number of furan rings is 1. The molecule has 2 aromatic rings. The fourth-order valence-electron chi connectivity index (χ4n) is 2.71. The Bertz CT molecular complexity index is 810. The highest BCUT2D eigenvalue weighted by molar-refractivity contribution is 6.32. The van der Waals surface area contributed by atoms with Gasteiger partial charge in [-0.3, -0.25) is 4.79 Å². The van der Waals surface area contributed by atoms with Crippen molar-refractivity contribution in [2.75, 3.05) is 13.7 Å². The van der Waals surface area contributed by atoms with Gasteiger partial charge in [0.05, 0.1) is 24.8 Å². The number of carbonyl (C=O) groups is 1. The van der Waals surface area contributed by atoms with Gasteiger partial charge in [0.25, 0.3) is 0 Å². The lowest BCUT2D eigenvalue weighted by molar-refractivity contribution is -0.117. The Kier molecular flexibility index (Phi) is 6.75. The topological polar surface area (TPSA) is 60.7 Å². The van der Waals surface area contributed by atoms with Crippen molar-refractivity contribution < 1.29 is 18.7 Å². The van der Waals surface area contributed by atoms with Gasteiger partial charge < -0.3 is 19.2 Å². The van der Waals surface area contributed by atoms with Crippen LogP contribution in [0.3, 0.4) is 0 Å². The quantitative estimate of drug-likeness (QED) is 0.701. The normalized spacial score (nSPS) is 12.2. The van der Waals surface area contributed by atoms with Crippen LogP contribution in [0.2, 0.25) is 5.02 Å². The summed E-state index contributed by atoms with van der Waals surface area (Å²) in [5, 5.41) is 3.36. The number of rotatable bonds is 7. The lowest BCUT2D eigenvalue weighted by Crippen LogP contribution is -2.24. The second-order valence-electron chi connectivity index (χ2n) is 5.90. The highest BCUT2D eigenvalue weighted by Crippen LogP contribution is 2.36. The third-order valence-corrected chi connectivity index (χ3v) is 4.15. The lowest BCUT2D eigenvalue weighted by atomic mass is 10.1. The van der Waals surface area contributed by atoms with Crippen molar-refractivity contribution in [3.05, 3.63) is 51.9 Å². The van der Waals surface area contributed by atoms with E-state index in [1.165, 1.54) is 6.08 Å². The molecule has 1 aromatic carbocycles. The number of hydrogen-bond donors (Lipinski definition) is 1. The summed E-state index contributed by atoms with van der Waals surface area (Å²) in [5.41, 5.74) is 1.71. The zero-order chi connectivity index (χ0) is 19.3. The van der Waals surface area contributed by atoms with E-state index in [1.54, 1.807) is 25.3 Å². The van der Waals surface area contributed by atoms with Gasteiger partial charge in [0.15, 0.2) is 11.5 Å². The molecule has 1 aromatic heterocycles. The van der Waals surface area contributed by atoms with Gasteiger partial charge in [-0.1, -0.05) is 11.6 Å². The molecule has 140 valence electrons. The molecule has 0 aliphatic carbocycles. The van der Waals surface area contributed by atoms with Crippen LogP contribution in [-0.4, -0.2) is 19.6 Å². The number of nitrogens with one attached hydrogen (secondary N) is 1. The molecule has 0 aliphatic heterocycles. The fraction of sp³-hybridized carbons (Fsp3) is 0.350. The van der Waals surface area contributed by atoms with Gasteiger partial charge in [0.1, 0.15) is 11.5 Å². The summed E-state index contributed by atoms with van der Waals surface area (Å²) >= 11 is 6.24. The Hall–Kier alpha value is -2.40. The van der Waals surface area contributed by atoms with Crippen molar-refractivity contribution in [1.82, 2.24) is 5.32 Å². The summed E-state index contributed by atoms with van der Waals surface area (Å²) in [4.78, 5) is 12.2. The van der Waals surface area contributed by atoms with E-state index in [1.807, 2.05) is 33.8 Å². The number of carbonyl (C=O) groups excluding carboxylic acids is 1. The predicted molar refractivity (Wildman–Crippen MR) is 103 cm³/mol. The maximum Gasteiger partial charge on any atom is 0.244 e. The average Bonchev–Trinajstić information content (AvgIpc) is 2.93. The van der Waals surface area contributed by atoms with E-state index in [0.29, 0.717) is 23.1 Å². The van der Waals surface area contributed by atoms with Gasteiger partial charge in [0, 0.05) is 11.6 Å². The molecule has 0 aliphatic rings. The third-order valence-electron chi connectivity index (χ3n) is 3.87. The maximum absolute atomic E-state index is 12.2. The summed E-state index contributed by atoms with van der Waals surface area (Å²) < 4.78 is 16.3. The highest BCUT2D eigenvalue weighted by atomic mass is 35.5. The molecule has 1 heterocycles. The van der Waals surface area contributed by atoms with E-state index >= 15 is 0 Å². The molecule has 0 saturated heterocycles. The molecule has 2 rings (SSSR count). The molecular weight excluding hydrogens is 354 g/mol. The fourth-order valence-corrected chi connectivity index (χ4v) is 2.99. The van der Waals surface area contributed by atoms with Gasteiger partial charge in [-0.25, -0.2) is 0 Å². The molecule has 1 N–H and O–H groups in total. The third kappa shape index (κ3) is 4.82. The van der Waals surface area contributed by atoms with Crippen molar-refractivity contribution >= 4 is 23.6 Å². The maximum atomic E-state index is 12.2. The smallest absolute Gasteiger partial charge is 0.244 e. The van der Waals surface area contributed by atoms with E-state index in [2.05, 4.69) is 5.32 Å². The van der Waals surface area contributed by atoms with E-state index in [-0.39, 0.29) is 11.9 Å². The molecule has 1 atom stereocenters. The standard InChI is InChI=1S/C20H24ClNO4/c1-6-25-20-17(21)10-15(11-18(20)24-5)7-8-19(23)22-13(3)16-9-12(2)26-14(16)4/h7-11,13H,6H2,1-5H3,(H,22,23)/b8-7+. The summed E-state index contributed by atoms with van der Waals surface area (Å²) in [6, 6.07) is 5.28. The van der Waals surface area contributed by atoms with Crippen LogP contribution < -0.4 is 14.8 Å². The second-order valence-corrected chi connectivity index (χ2v) is 6.31. The van der Waals surface area contributed by atoms with Gasteiger partial charge in [-0.2, -0.15) is 0 Å². The number of methoxy groups -OCH3 is 1. The first-order valence-corrected chi connectivity index (χ1v) is 8.79.